The lowest BCUT2D eigenvalue weighted by Crippen LogP contribution is -2.44. The Morgan fingerprint density at radius 3 is 2.65 bits per heavy atom. The number of hydrogen-bond acceptors (Lipinski definition) is 5. The Balaban J connectivity index is 2.34. The maximum Gasteiger partial charge on any atom is 0.275 e. The maximum absolute atomic E-state index is 12.6. The van der Waals surface area contributed by atoms with Gasteiger partial charge in [-0.1, -0.05) is 24.4 Å². The summed E-state index contributed by atoms with van der Waals surface area (Å²) in [6, 6.07) is 2.04. The fraction of sp³-hybridized carbons (Fsp3) is 0.571. The van der Waals surface area contributed by atoms with Crippen LogP contribution in [0.5, 0.6) is 0 Å². The van der Waals surface area contributed by atoms with E-state index in [0.717, 1.165) is 25.3 Å². The average molecular weight is 362 g/mol. The molecule has 0 amide bonds. The molecular weight excluding hydrogens is 342 g/mol. The van der Waals surface area contributed by atoms with Crippen molar-refractivity contribution in [1.29, 1.82) is 0 Å². The van der Waals surface area contributed by atoms with Crippen molar-refractivity contribution in [3.05, 3.63) is 32.8 Å². The van der Waals surface area contributed by atoms with Gasteiger partial charge in [-0.05, 0) is 38.3 Å². The van der Waals surface area contributed by atoms with Crippen molar-refractivity contribution in [1.82, 2.24) is 4.72 Å². The largest absolute Gasteiger partial charge is 0.330 e. The van der Waals surface area contributed by atoms with E-state index >= 15 is 0 Å². The number of nitrogens with two attached hydrogens (primary N) is 1. The summed E-state index contributed by atoms with van der Waals surface area (Å²) < 4.78 is 27.8. The van der Waals surface area contributed by atoms with Crippen LogP contribution in [0.25, 0.3) is 0 Å². The third kappa shape index (κ3) is 4.00. The molecule has 1 aromatic rings. The summed E-state index contributed by atoms with van der Waals surface area (Å²) in [5, 5.41) is 11.1. The molecule has 7 nitrogen and oxygen atoms in total. The molecule has 1 saturated carbocycles. The molecule has 2 rings (SSSR count). The highest BCUT2D eigenvalue weighted by atomic mass is 35.5. The molecule has 1 aromatic carbocycles. The number of rotatable bonds is 5. The Hall–Kier alpha value is -1.22. The number of nitro benzene ring substituents is 1. The molecule has 0 heterocycles. The number of benzene rings is 1. The fourth-order valence-corrected chi connectivity index (χ4v) is 4.56. The Morgan fingerprint density at radius 1 is 1.39 bits per heavy atom. The van der Waals surface area contributed by atoms with Crippen LogP contribution >= 0.6 is 11.6 Å². The van der Waals surface area contributed by atoms with E-state index in [1.165, 1.54) is 13.0 Å². The van der Waals surface area contributed by atoms with Crippen molar-refractivity contribution in [3.8, 4) is 0 Å². The number of hydrogen-bond donors (Lipinski definition) is 2. The Bertz CT molecular complexity index is 708. The topological polar surface area (TPSA) is 115 Å². The Labute approximate surface area is 140 Å². The third-order valence-corrected chi connectivity index (χ3v) is 6.18. The summed E-state index contributed by atoms with van der Waals surface area (Å²) in [5.41, 5.74) is 5.65. The summed E-state index contributed by atoms with van der Waals surface area (Å²) in [6.07, 6.45) is 3.54. The van der Waals surface area contributed by atoms with Gasteiger partial charge in [-0.2, -0.15) is 0 Å². The van der Waals surface area contributed by atoms with Crippen LogP contribution < -0.4 is 10.5 Å². The van der Waals surface area contributed by atoms with Gasteiger partial charge in [0, 0.05) is 17.7 Å². The zero-order valence-corrected chi connectivity index (χ0v) is 14.4. The lowest BCUT2D eigenvalue weighted by molar-refractivity contribution is -0.385. The van der Waals surface area contributed by atoms with E-state index in [1.807, 2.05) is 0 Å². The van der Waals surface area contributed by atoms with Crippen LogP contribution in [0.1, 0.15) is 31.2 Å². The Kier molecular flexibility index (Phi) is 5.61. The zero-order valence-electron chi connectivity index (χ0n) is 12.8. The molecule has 3 N–H and O–H groups in total. The van der Waals surface area contributed by atoms with Crippen molar-refractivity contribution in [2.24, 2.45) is 11.7 Å². The first-order chi connectivity index (χ1) is 10.8. The summed E-state index contributed by atoms with van der Waals surface area (Å²) in [5.74, 6) is 0.0782. The van der Waals surface area contributed by atoms with Crippen LogP contribution in [0.3, 0.4) is 0 Å². The minimum Gasteiger partial charge on any atom is -0.330 e. The predicted molar refractivity (Wildman–Crippen MR) is 88.0 cm³/mol. The number of nitrogens with zero attached hydrogens (tertiary/aromatic N) is 1. The first-order valence-electron chi connectivity index (χ1n) is 7.43. The van der Waals surface area contributed by atoms with Gasteiger partial charge in [0.25, 0.3) is 5.69 Å². The first kappa shape index (κ1) is 18.1. The second-order valence-electron chi connectivity index (χ2n) is 5.81. The maximum atomic E-state index is 12.6. The molecule has 9 heteroatoms. The summed E-state index contributed by atoms with van der Waals surface area (Å²) in [4.78, 5) is 10.2. The van der Waals surface area contributed by atoms with Crippen molar-refractivity contribution >= 4 is 27.3 Å². The molecule has 0 saturated heterocycles. The van der Waals surface area contributed by atoms with Crippen LogP contribution in [0, 0.1) is 23.0 Å². The fourth-order valence-electron chi connectivity index (χ4n) is 2.90. The van der Waals surface area contributed by atoms with Crippen LogP contribution in [-0.2, 0) is 10.0 Å². The summed E-state index contributed by atoms with van der Waals surface area (Å²) in [7, 11) is -3.89. The van der Waals surface area contributed by atoms with E-state index < -0.39 is 14.9 Å². The van der Waals surface area contributed by atoms with E-state index in [9.17, 15) is 18.5 Å². The van der Waals surface area contributed by atoms with Crippen LogP contribution in [0.4, 0.5) is 5.69 Å². The normalized spacial score (nSPS) is 22.0. The van der Waals surface area contributed by atoms with Crippen LogP contribution in [0.15, 0.2) is 17.0 Å². The molecule has 128 valence electrons. The van der Waals surface area contributed by atoms with Gasteiger partial charge in [0.1, 0.15) is 0 Å². The second kappa shape index (κ2) is 7.12. The average Bonchev–Trinajstić information content (AvgIpc) is 2.49. The highest BCUT2D eigenvalue weighted by Gasteiger charge is 2.30. The van der Waals surface area contributed by atoms with E-state index in [4.69, 9.17) is 17.3 Å². The van der Waals surface area contributed by atoms with Gasteiger partial charge in [-0.15, -0.1) is 0 Å². The van der Waals surface area contributed by atoms with Gasteiger partial charge in [-0.3, -0.25) is 10.1 Å². The van der Waals surface area contributed by atoms with Gasteiger partial charge in [0.15, 0.2) is 0 Å². The van der Waals surface area contributed by atoms with Gasteiger partial charge in [0.05, 0.1) is 14.8 Å². The summed E-state index contributed by atoms with van der Waals surface area (Å²) >= 11 is 5.95. The summed E-state index contributed by atoms with van der Waals surface area (Å²) in [6.45, 7) is 1.89. The molecule has 1 fully saturated rings. The minimum atomic E-state index is -3.89. The molecular formula is C14H20ClN3O4S. The molecule has 1 aliphatic carbocycles. The third-order valence-electron chi connectivity index (χ3n) is 4.32. The van der Waals surface area contributed by atoms with Crippen LogP contribution in [-0.4, -0.2) is 25.9 Å². The van der Waals surface area contributed by atoms with Crippen molar-refractivity contribution in [3.63, 3.8) is 0 Å². The quantitative estimate of drug-likeness (QED) is 0.617. The molecule has 0 aliphatic heterocycles. The molecule has 2 unspecified atom stereocenters. The number of nitro groups is 1. The highest BCUT2D eigenvalue weighted by molar-refractivity contribution is 7.89. The van der Waals surface area contributed by atoms with Gasteiger partial charge in [0.2, 0.25) is 10.0 Å². The van der Waals surface area contributed by atoms with Crippen molar-refractivity contribution < 1.29 is 13.3 Å². The SMILES string of the molecule is Cc1c(Cl)cc(S(=O)(=O)NC2CCCCC2CN)cc1[N+](=O)[O-]. The van der Waals surface area contributed by atoms with Gasteiger partial charge in [-0.25, -0.2) is 13.1 Å². The lowest BCUT2D eigenvalue weighted by atomic mass is 9.85. The minimum absolute atomic E-state index is 0.0543. The van der Waals surface area contributed by atoms with E-state index in [1.54, 1.807) is 0 Å². The standard InChI is InChI=1S/C14H20ClN3O4S/c1-9-12(15)6-11(7-14(9)18(19)20)23(21,22)17-13-5-3-2-4-10(13)8-16/h6-7,10,13,17H,2-5,8,16H2,1H3. The van der Waals surface area contributed by atoms with Gasteiger partial charge < -0.3 is 5.73 Å². The lowest BCUT2D eigenvalue weighted by Gasteiger charge is -2.31. The number of nitrogens with one attached hydrogen (secondary N) is 1. The molecule has 0 radical (unpaired) electrons. The molecule has 0 aromatic heterocycles. The number of sulfonamides is 1. The molecule has 0 bridgehead atoms. The monoisotopic (exact) mass is 361 g/mol. The molecule has 2 atom stereocenters. The first-order valence-corrected chi connectivity index (χ1v) is 9.29. The second-order valence-corrected chi connectivity index (χ2v) is 7.94. The van der Waals surface area contributed by atoms with Crippen molar-refractivity contribution in [2.45, 2.75) is 43.5 Å². The van der Waals surface area contributed by atoms with E-state index in [-0.39, 0.29) is 33.1 Å². The van der Waals surface area contributed by atoms with Crippen molar-refractivity contribution in [2.75, 3.05) is 6.54 Å². The predicted octanol–water partition coefficient (Wildman–Crippen LogP) is 2.35. The molecule has 23 heavy (non-hydrogen) atoms. The van der Waals surface area contributed by atoms with E-state index in [2.05, 4.69) is 4.72 Å². The number of halogens is 1. The van der Waals surface area contributed by atoms with Gasteiger partial charge >= 0.3 is 0 Å². The van der Waals surface area contributed by atoms with E-state index in [0.29, 0.717) is 13.0 Å². The smallest absolute Gasteiger partial charge is 0.275 e. The highest BCUT2D eigenvalue weighted by Crippen LogP contribution is 2.31. The molecule has 1 aliphatic rings. The molecule has 0 spiro atoms. The Morgan fingerprint density at radius 2 is 2.04 bits per heavy atom. The van der Waals surface area contributed by atoms with Crippen LogP contribution in [0.2, 0.25) is 5.02 Å². The zero-order chi connectivity index (χ0) is 17.2.